The SMILES string of the molecule is OC[C@H]1O[C@H](OC[C@H]2O[C@H](OC[C@H]3O[C@H](Oc4ccc(O)cc4)[C@H](O)[C@@H](O)[C@@H]3O)[C@H](O)[C@@H](O)[C@@H]2O)[C@H](O)[C@@H](O)[C@@H]1O. The van der Waals surface area contributed by atoms with Gasteiger partial charge >= 0.3 is 0 Å². The van der Waals surface area contributed by atoms with Crippen LogP contribution in [-0.4, -0.2) is 168 Å². The molecular formula is C24H36O17. The van der Waals surface area contributed by atoms with Crippen molar-refractivity contribution in [3.05, 3.63) is 24.3 Å². The second-order valence-corrected chi connectivity index (χ2v) is 10.0. The van der Waals surface area contributed by atoms with Crippen molar-refractivity contribution in [2.24, 2.45) is 0 Å². The highest BCUT2D eigenvalue weighted by Gasteiger charge is 2.49. The summed E-state index contributed by atoms with van der Waals surface area (Å²) in [5, 5.41) is 111. The van der Waals surface area contributed by atoms with Gasteiger partial charge in [0.15, 0.2) is 12.6 Å². The maximum atomic E-state index is 10.4. The van der Waals surface area contributed by atoms with E-state index in [1.807, 2.05) is 0 Å². The molecule has 3 saturated heterocycles. The Morgan fingerprint density at radius 3 is 1.37 bits per heavy atom. The van der Waals surface area contributed by atoms with E-state index >= 15 is 0 Å². The van der Waals surface area contributed by atoms with Crippen molar-refractivity contribution in [1.29, 1.82) is 0 Å². The summed E-state index contributed by atoms with van der Waals surface area (Å²) in [4.78, 5) is 0. The second kappa shape index (κ2) is 13.7. The van der Waals surface area contributed by atoms with E-state index in [0.717, 1.165) is 0 Å². The number of ether oxygens (including phenoxy) is 6. The molecule has 0 saturated carbocycles. The van der Waals surface area contributed by atoms with E-state index in [2.05, 4.69) is 0 Å². The zero-order valence-corrected chi connectivity index (χ0v) is 21.5. The first-order valence-electron chi connectivity index (χ1n) is 12.8. The molecule has 0 spiro atoms. The van der Waals surface area contributed by atoms with Gasteiger partial charge in [-0.3, -0.25) is 0 Å². The molecule has 3 aliphatic rings. The molecule has 41 heavy (non-hydrogen) atoms. The lowest BCUT2D eigenvalue weighted by molar-refractivity contribution is -0.339. The van der Waals surface area contributed by atoms with Gasteiger partial charge in [0.1, 0.15) is 84.7 Å². The predicted molar refractivity (Wildman–Crippen MR) is 128 cm³/mol. The quantitative estimate of drug-likeness (QED) is 0.127. The average molecular weight is 597 g/mol. The van der Waals surface area contributed by atoms with Crippen LogP contribution in [0.4, 0.5) is 0 Å². The summed E-state index contributed by atoms with van der Waals surface area (Å²) < 4.78 is 32.6. The number of hydrogen-bond acceptors (Lipinski definition) is 17. The van der Waals surface area contributed by atoms with E-state index in [0.29, 0.717) is 0 Å². The molecule has 11 N–H and O–H groups in total. The Labute approximate surface area is 232 Å². The van der Waals surface area contributed by atoms with Gasteiger partial charge in [-0.1, -0.05) is 0 Å². The Kier molecular flexibility index (Phi) is 10.7. The van der Waals surface area contributed by atoms with Gasteiger partial charge in [0.25, 0.3) is 0 Å². The lowest BCUT2D eigenvalue weighted by atomic mass is 9.98. The molecule has 1 aromatic rings. The summed E-state index contributed by atoms with van der Waals surface area (Å²) in [5.41, 5.74) is 0. The van der Waals surface area contributed by atoms with E-state index in [4.69, 9.17) is 28.4 Å². The molecule has 0 unspecified atom stereocenters. The number of rotatable bonds is 9. The number of phenols is 1. The molecular weight excluding hydrogens is 560 g/mol. The molecule has 0 bridgehead atoms. The lowest BCUT2D eigenvalue weighted by Crippen LogP contribution is -2.63. The molecule has 3 aliphatic heterocycles. The molecule has 234 valence electrons. The van der Waals surface area contributed by atoms with E-state index < -0.39 is 112 Å². The van der Waals surface area contributed by atoms with Crippen molar-refractivity contribution in [1.82, 2.24) is 0 Å². The summed E-state index contributed by atoms with van der Waals surface area (Å²) in [6.45, 7) is -1.84. The van der Waals surface area contributed by atoms with Crippen molar-refractivity contribution in [2.75, 3.05) is 19.8 Å². The fourth-order valence-corrected chi connectivity index (χ4v) is 4.59. The van der Waals surface area contributed by atoms with Gasteiger partial charge < -0.3 is 84.6 Å². The Balaban J connectivity index is 1.36. The average Bonchev–Trinajstić information content (AvgIpc) is 2.96. The summed E-state index contributed by atoms with van der Waals surface area (Å²) in [5.74, 6) is 0.125. The van der Waals surface area contributed by atoms with Crippen LogP contribution in [0.3, 0.4) is 0 Å². The first-order valence-corrected chi connectivity index (χ1v) is 12.8. The van der Waals surface area contributed by atoms with E-state index in [1.165, 1.54) is 24.3 Å². The van der Waals surface area contributed by atoms with E-state index in [1.54, 1.807) is 0 Å². The van der Waals surface area contributed by atoms with Crippen molar-refractivity contribution >= 4 is 0 Å². The lowest BCUT2D eigenvalue weighted by Gasteiger charge is -2.43. The Morgan fingerprint density at radius 2 is 0.902 bits per heavy atom. The van der Waals surface area contributed by atoms with Crippen LogP contribution in [0, 0.1) is 0 Å². The van der Waals surface area contributed by atoms with Crippen LogP contribution in [0.5, 0.6) is 11.5 Å². The van der Waals surface area contributed by atoms with Crippen molar-refractivity contribution in [2.45, 2.75) is 92.1 Å². The maximum Gasteiger partial charge on any atom is 0.229 e. The fourth-order valence-electron chi connectivity index (χ4n) is 4.59. The molecule has 0 aliphatic carbocycles. The van der Waals surface area contributed by atoms with Crippen LogP contribution in [-0.2, 0) is 23.7 Å². The minimum atomic E-state index is -1.81. The molecule has 17 nitrogen and oxygen atoms in total. The van der Waals surface area contributed by atoms with Gasteiger partial charge in [0.2, 0.25) is 6.29 Å². The van der Waals surface area contributed by atoms with Gasteiger partial charge in [-0.15, -0.1) is 0 Å². The van der Waals surface area contributed by atoms with Crippen LogP contribution in [0.15, 0.2) is 24.3 Å². The first-order chi connectivity index (χ1) is 19.4. The van der Waals surface area contributed by atoms with E-state index in [9.17, 15) is 56.2 Å². The molecule has 0 amide bonds. The van der Waals surface area contributed by atoms with Crippen molar-refractivity contribution in [3.63, 3.8) is 0 Å². The van der Waals surface area contributed by atoms with Gasteiger partial charge in [0, 0.05) is 0 Å². The Hall–Kier alpha value is -1.78. The van der Waals surface area contributed by atoms with Crippen LogP contribution < -0.4 is 4.74 Å². The van der Waals surface area contributed by atoms with E-state index in [-0.39, 0.29) is 11.5 Å². The monoisotopic (exact) mass is 596 g/mol. The molecule has 3 heterocycles. The number of benzene rings is 1. The molecule has 17 heteroatoms. The van der Waals surface area contributed by atoms with Gasteiger partial charge in [-0.25, -0.2) is 0 Å². The highest BCUT2D eigenvalue weighted by Crippen LogP contribution is 2.29. The molecule has 1 aromatic carbocycles. The largest absolute Gasteiger partial charge is 0.508 e. The number of aliphatic hydroxyl groups is 10. The zero-order valence-electron chi connectivity index (χ0n) is 21.5. The zero-order chi connectivity index (χ0) is 30.0. The van der Waals surface area contributed by atoms with Gasteiger partial charge in [0.05, 0.1) is 19.8 Å². The Bertz CT molecular complexity index is 951. The highest BCUT2D eigenvalue weighted by molar-refractivity contribution is 5.30. The van der Waals surface area contributed by atoms with Crippen LogP contribution in [0.25, 0.3) is 0 Å². The number of phenolic OH excluding ortho intramolecular Hbond substituents is 1. The smallest absolute Gasteiger partial charge is 0.229 e. The third-order valence-corrected chi connectivity index (χ3v) is 7.12. The predicted octanol–water partition coefficient (Wildman–Crippen LogP) is -5.78. The summed E-state index contributed by atoms with van der Waals surface area (Å²) in [6.07, 6.45) is -24.1. The summed E-state index contributed by atoms with van der Waals surface area (Å²) >= 11 is 0. The van der Waals surface area contributed by atoms with Crippen LogP contribution in [0.1, 0.15) is 0 Å². The topological polar surface area (TPSA) is 278 Å². The summed E-state index contributed by atoms with van der Waals surface area (Å²) in [6, 6.07) is 5.38. The molecule has 4 rings (SSSR count). The first kappa shape index (κ1) is 32.1. The molecule has 3 fully saturated rings. The number of aliphatic hydroxyl groups excluding tert-OH is 10. The van der Waals surface area contributed by atoms with Crippen LogP contribution >= 0.6 is 0 Å². The minimum absolute atomic E-state index is 0.0422. The fraction of sp³-hybridized carbons (Fsp3) is 0.750. The van der Waals surface area contributed by atoms with Crippen LogP contribution in [0.2, 0.25) is 0 Å². The maximum absolute atomic E-state index is 10.4. The number of aromatic hydroxyl groups is 1. The van der Waals surface area contributed by atoms with Crippen molar-refractivity contribution < 1.29 is 84.6 Å². The number of hydrogen-bond donors (Lipinski definition) is 11. The molecule has 0 aromatic heterocycles. The summed E-state index contributed by atoms with van der Waals surface area (Å²) in [7, 11) is 0. The van der Waals surface area contributed by atoms with Gasteiger partial charge in [-0.2, -0.15) is 0 Å². The third kappa shape index (κ3) is 7.07. The third-order valence-electron chi connectivity index (χ3n) is 7.12. The second-order valence-electron chi connectivity index (χ2n) is 10.0. The minimum Gasteiger partial charge on any atom is -0.508 e. The Morgan fingerprint density at radius 1 is 0.512 bits per heavy atom. The molecule has 15 atom stereocenters. The normalized spacial score (nSPS) is 45.4. The standard InChI is InChI=1S/C24H36O17/c25-5-10-13(27)16(30)19(33)22(39-10)36-6-11-14(28)17(31)20(34)23(40-11)37-7-12-15(29)18(32)21(35)24(41-12)38-9-3-1-8(26)2-4-9/h1-4,10-35H,5-7H2/t10-,11-,12-,13-,14-,15-,16+,17+,18+,19-,20-,21-,22+,23+,24+/m1/s1. The van der Waals surface area contributed by atoms with Gasteiger partial charge in [-0.05, 0) is 24.3 Å². The van der Waals surface area contributed by atoms with Crippen molar-refractivity contribution in [3.8, 4) is 11.5 Å². The highest BCUT2D eigenvalue weighted by atomic mass is 16.7. The molecule has 0 radical (unpaired) electrons.